The van der Waals surface area contributed by atoms with Gasteiger partial charge in [0.15, 0.2) is 0 Å². The van der Waals surface area contributed by atoms with Crippen LogP contribution in [0.5, 0.6) is 11.5 Å². The Hall–Kier alpha value is -1.74. The fourth-order valence-corrected chi connectivity index (χ4v) is 5.24. The number of nitrogens with one attached hydrogen (secondary N) is 2. The topological polar surface area (TPSA) is 88.9 Å². The standard InChI is InChI=1S/C33H52N4O3.3ClH/c1-3-4-5-6-7-8-9-10-11-12-24-40-31-20-15-27(14-13-21-34)25-30(31)33(38)37(32-26-35-22-23-36-32)28-16-18-29(39-2)19-17-28;;;/h15-20,25,32,35-36H,3-14,21-24,26,34H2,1-2H3;3*1H. The van der Waals surface area contributed by atoms with Gasteiger partial charge in [-0.05, 0) is 67.8 Å². The van der Waals surface area contributed by atoms with Crippen molar-refractivity contribution >= 4 is 48.8 Å². The summed E-state index contributed by atoms with van der Waals surface area (Å²) in [6.45, 7) is 5.84. The lowest BCUT2D eigenvalue weighted by Crippen LogP contribution is -2.59. The number of rotatable bonds is 19. The summed E-state index contributed by atoms with van der Waals surface area (Å²) in [6.07, 6.45) is 14.3. The summed E-state index contributed by atoms with van der Waals surface area (Å²) in [5.41, 5.74) is 8.30. The first-order valence-electron chi connectivity index (χ1n) is 15.6. The molecule has 246 valence electrons. The van der Waals surface area contributed by atoms with Crippen LogP contribution in [0, 0.1) is 0 Å². The van der Waals surface area contributed by atoms with Gasteiger partial charge in [0.05, 0.1) is 19.3 Å². The quantitative estimate of drug-likeness (QED) is 0.137. The molecular weight excluding hydrogens is 607 g/mol. The average molecular weight is 662 g/mol. The van der Waals surface area contributed by atoms with Gasteiger partial charge in [-0.1, -0.05) is 70.8 Å². The normalized spacial score (nSPS) is 14.1. The minimum absolute atomic E-state index is 0. The summed E-state index contributed by atoms with van der Waals surface area (Å²) < 4.78 is 11.6. The second kappa shape index (κ2) is 24.6. The zero-order valence-corrected chi connectivity index (χ0v) is 28.6. The molecule has 43 heavy (non-hydrogen) atoms. The van der Waals surface area contributed by atoms with Gasteiger partial charge in [0.25, 0.3) is 5.91 Å². The second-order valence-corrected chi connectivity index (χ2v) is 10.8. The third-order valence-electron chi connectivity index (χ3n) is 7.60. The highest BCUT2D eigenvalue weighted by molar-refractivity contribution is 6.08. The highest BCUT2D eigenvalue weighted by Crippen LogP contribution is 2.28. The van der Waals surface area contributed by atoms with E-state index in [0.29, 0.717) is 31.0 Å². The lowest BCUT2D eigenvalue weighted by atomic mass is 10.0. The van der Waals surface area contributed by atoms with Gasteiger partial charge in [-0.15, -0.1) is 37.2 Å². The summed E-state index contributed by atoms with van der Waals surface area (Å²) in [7, 11) is 1.65. The molecule has 0 aliphatic carbocycles. The van der Waals surface area contributed by atoms with E-state index in [-0.39, 0.29) is 49.3 Å². The van der Waals surface area contributed by atoms with Gasteiger partial charge in [0.1, 0.15) is 17.7 Å². The second-order valence-electron chi connectivity index (χ2n) is 10.8. The van der Waals surface area contributed by atoms with Gasteiger partial charge in [-0.2, -0.15) is 0 Å². The molecule has 1 amide bonds. The molecule has 1 saturated heterocycles. The number of anilines is 1. The van der Waals surface area contributed by atoms with Crippen LogP contribution in [0.3, 0.4) is 0 Å². The number of piperazine rings is 1. The van der Waals surface area contributed by atoms with E-state index in [1.807, 2.05) is 41.3 Å². The molecule has 0 radical (unpaired) electrons. The van der Waals surface area contributed by atoms with Crippen molar-refractivity contribution in [1.82, 2.24) is 10.6 Å². The third kappa shape index (κ3) is 14.3. The fourth-order valence-electron chi connectivity index (χ4n) is 5.24. The monoisotopic (exact) mass is 660 g/mol. The Labute approximate surface area is 278 Å². The molecule has 7 nitrogen and oxygen atoms in total. The molecule has 0 saturated carbocycles. The first kappa shape index (κ1) is 41.3. The van der Waals surface area contributed by atoms with E-state index in [9.17, 15) is 4.79 Å². The maximum Gasteiger partial charge on any atom is 0.263 e. The van der Waals surface area contributed by atoms with E-state index in [4.69, 9.17) is 15.2 Å². The van der Waals surface area contributed by atoms with Crippen LogP contribution >= 0.6 is 37.2 Å². The summed E-state index contributed by atoms with van der Waals surface area (Å²) in [6, 6.07) is 13.7. The minimum Gasteiger partial charge on any atom is -0.497 e. The SMILES string of the molecule is CCCCCCCCCCCCOc1ccc(CCCN)cc1C(=O)N(c1ccc(OC)cc1)C1CNCCN1.Cl.Cl.Cl. The van der Waals surface area contributed by atoms with E-state index in [1.165, 1.54) is 51.4 Å². The van der Waals surface area contributed by atoms with Gasteiger partial charge in [0, 0.05) is 25.3 Å². The van der Waals surface area contributed by atoms with Gasteiger partial charge < -0.3 is 20.5 Å². The number of nitrogens with two attached hydrogens (primary N) is 1. The van der Waals surface area contributed by atoms with Crippen LogP contribution in [0.1, 0.15) is 93.5 Å². The number of aryl methyl sites for hydroxylation is 1. The lowest BCUT2D eigenvalue weighted by molar-refractivity contribution is 0.0964. The highest BCUT2D eigenvalue weighted by Gasteiger charge is 2.29. The highest BCUT2D eigenvalue weighted by atomic mass is 35.5. The number of halogens is 3. The van der Waals surface area contributed by atoms with Crippen LogP contribution in [0.2, 0.25) is 0 Å². The molecule has 1 aliphatic rings. The number of hydrogen-bond acceptors (Lipinski definition) is 6. The summed E-state index contributed by atoms with van der Waals surface area (Å²) in [4.78, 5) is 16.1. The molecule has 0 aromatic heterocycles. The molecule has 1 heterocycles. The van der Waals surface area contributed by atoms with E-state index in [2.05, 4.69) is 23.6 Å². The third-order valence-corrected chi connectivity index (χ3v) is 7.60. The molecule has 2 aromatic rings. The molecule has 4 N–H and O–H groups in total. The molecule has 1 aliphatic heterocycles. The number of unbranched alkanes of at least 4 members (excludes halogenated alkanes) is 9. The molecule has 3 rings (SSSR count). The Morgan fingerprint density at radius 1 is 0.884 bits per heavy atom. The van der Waals surface area contributed by atoms with Gasteiger partial charge in [0.2, 0.25) is 0 Å². The Morgan fingerprint density at radius 2 is 1.53 bits per heavy atom. The zero-order chi connectivity index (χ0) is 28.4. The molecule has 2 aromatic carbocycles. The number of carbonyl (C=O) groups excluding carboxylic acids is 1. The lowest BCUT2D eigenvalue weighted by Gasteiger charge is -2.36. The maximum absolute atomic E-state index is 14.3. The van der Waals surface area contributed by atoms with Crippen molar-refractivity contribution < 1.29 is 14.3 Å². The van der Waals surface area contributed by atoms with Gasteiger partial charge >= 0.3 is 0 Å². The van der Waals surface area contributed by atoms with Gasteiger partial charge in [-0.3, -0.25) is 15.0 Å². The summed E-state index contributed by atoms with van der Waals surface area (Å²) >= 11 is 0. The zero-order valence-electron chi connectivity index (χ0n) is 26.1. The molecule has 0 spiro atoms. The van der Waals surface area contributed by atoms with Crippen molar-refractivity contribution in [2.24, 2.45) is 5.73 Å². The average Bonchev–Trinajstić information content (AvgIpc) is 3.00. The minimum atomic E-state index is -0.169. The number of ether oxygens (including phenoxy) is 2. The summed E-state index contributed by atoms with van der Waals surface area (Å²) in [5, 5.41) is 6.93. The predicted octanol–water partition coefficient (Wildman–Crippen LogP) is 7.32. The van der Waals surface area contributed by atoms with Gasteiger partial charge in [-0.25, -0.2) is 0 Å². The van der Waals surface area contributed by atoms with Crippen LogP contribution in [-0.4, -0.2) is 52.0 Å². The largest absolute Gasteiger partial charge is 0.497 e. The van der Waals surface area contributed by atoms with Crippen LogP contribution in [0.25, 0.3) is 0 Å². The Morgan fingerprint density at radius 3 is 2.12 bits per heavy atom. The molecule has 1 atom stereocenters. The van der Waals surface area contributed by atoms with E-state index >= 15 is 0 Å². The molecule has 0 bridgehead atoms. The Kier molecular flexibility index (Phi) is 23.6. The van der Waals surface area contributed by atoms with E-state index in [1.54, 1.807) is 7.11 Å². The first-order chi connectivity index (χ1) is 19.7. The number of nitrogens with zero attached hydrogens (tertiary/aromatic N) is 1. The molecule has 10 heteroatoms. The fraction of sp³-hybridized carbons (Fsp3) is 0.606. The number of methoxy groups -OCH3 is 1. The first-order valence-corrected chi connectivity index (χ1v) is 15.6. The van der Waals surface area contributed by atoms with Crippen molar-refractivity contribution in [3.63, 3.8) is 0 Å². The van der Waals surface area contributed by atoms with Crippen molar-refractivity contribution in [2.75, 3.05) is 44.8 Å². The van der Waals surface area contributed by atoms with E-state index < -0.39 is 0 Å². The van der Waals surface area contributed by atoms with Crippen LogP contribution in [0.15, 0.2) is 42.5 Å². The van der Waals surface area contributed by atoms with Crippen LogP contribution in [-0.2, 0) is 6.42 Å². The van der Waals surface area contributed by atoms with Crippen molar-refractivity contribution in [3.8, 4) is 11.5 Å². The Bertz CT molecular complexity index is 992. The maximum atomic E-state index is 14.3. The number of hydrogen-bond donors (Lipinski definition) is 3. The van der Waals surface area contributed by atoms with Crippen molar-refractivity contribution in [3.05, 3.63) is 53.6 Å². The Balaban J connectivity index is 0.00000588. The van der Waals surface area contributed by atoms with Crippen LogP contribution < -0.4 is 30.7 Å². The van der Waals surface area contributed by atoms with Crippen molar-refractivity contribution in [2.45, 2.75) is 90.1 Å². The summed E-state index contributed by atoms with van der Waals surface area (Å²) in [5.74, 6) is 1.34. The number of carbonyl (C=O) groups is 1. The van der Waals surface area contributed by atoms with Crippen molar-refractivity contribution in [1.29, 1.82) is 0 Å². The van der Waals surface area contributed by atoms with E-state index in [0.717, 1.165) is 55.8 Å². The predicted molar refractivity (Wildman–Crippen MR) is 187 cm³/mol. The number of amides is 1. The molecule has 1 unspecified atom stereocenters. The molecule has 1 fully saturated rings. The molecular formula is C33H55Cl3N4O3. The number of benzene rings is 2. The smallest absolute Gasteiger partial charge is 0.263 e. The van der Waals surface area contributed by atoms with Crippen LogP contribution in [0.4, 0.5) is 5.69 Å².